The Bertz CT molecular complexity index is 3370. The van der Waals surface area contributed by atoms with E-state index in [1.54, 1.807) is 44.5 Å². The highest BCUT2D eigenvalue weighted by atomic mass is 32.2. The number of amides is 1. The molecule has 1 spiro atoms. The van der Waals surface area contributed by atoms with Crippen molar-refractivity contribution in [1.82, 2.24) is 24.5 Å². The third-order valence-electron chi connectivity index (χ3n) is 16.9. The van der Waals surface area contributed by atoms with Crippen molar-refractivity contribution in [1.29, 1.82) is 0 Å². The first-order valence-corrected chi connectivity index (χ1v) is 28.6. The molecule has 3 aliphatic heterocycles. The van der Waals surface area contributed by atoms with Crippen LogP contribution in [0.4, 0.5) is 25.8 Å². The van der Waals surface area contributed by atoms with Gasteiger partial charge in [0.15, 0.2) is 11.4 Å². The summed E-state index contributed by atoms with van der Waals surface area (Å²) >= 11 is 0. The number of H-pyrrole nitrogens is 1. The number of hydrogen-bond donors (Lipinski definition) is 4. The number of nitrogens with zero attached hydrogens (tertiary/aromatic N) is 5. The molecule has 6 aromatic rings. The highest BCUT2D eigenvalue weighted by Crippen LogP contribution is 2.55. The maximum absolute atomic E-state index is 14.9. The van der Waals surface area contributed by atoms with Crippen LogP contribution in [0.3, 0.4) is 0 Å². The molecule has 4 fully saturated rings. The number of aromatic nitrogens is 2. The lowest BCUT2D eigenvalue weighted by Gasteiger charge is -2.58. The third kappa shape index (κ3) is 11.3. The summed E-state index contributed by atoms with van der Waals surface area (Å²) in [6, 6.07) is 26.8. The van der Waals surface area contributed by atoms with Gasteiger partial charge in [-0.05, 0) is 129 Å². The van der Waals surface area contributed by atoms with Crippen LogP contribution in [0.5, 0.6) is 28.7 Å². The number of nitro benzene ring substituents is 1. The number of sulfonamides is 1. The minimum absolute atomic E-state index is 0.0177. The maximum atomic E-state index is 14.9. The largest absolute Gasteiger partial charge is 0.586 e. The van der Waals surface area contributed by atoms with Gasteiger partial charge in [0.05, 0.1) is 29.4 Å². The number of halogens is 2. The van der Waals surface area contributed by atoms with E-state index in [4.69, 9.17) is 18.9 Å². The van der Waals surface area contributed by atoms with Crippen LogP contribution in [0.15, 0.2) is 102 Å². The molecular formula is C58H66F2N8O10S. The Balaban J connectivity index is 0.813. The van der Waals surface area contributed by atoms with Crippen LogP contribution in [-0.2, 0) is 16.6 Å². The SMILES string of the molecule is COc1ccc(CN2CCN(C3CC4(CCN(c5ccc(C(=O)NS(=O)(=O)c6cc([N+](=O)[O-])c(NCC7CCC(C)(O)CC7)c7c6OC(F)(F)O7)c(Oc6cnc7[nH]ccc7c6)c5)CC4)C3)[C@H](c3ccccc3C(C)C)C2)cc1. The predicted molar refractivity (Wildman–Crippen MR) is 293 cm³/mol. The van der Waals surface area contributed by atoms with Gasteiger partial charge in [-0.15, -0.1) is 8.78 Å². The number of piperazine rings is 1. The monoisotopic (exact) mass is 1100 g/mol. The quantitative estimate of drug-likeness (QED) is 0.0524. The number of fused-ring (bicyclic) bond motifs is 2. The zero-order chi connectivity index (χ0) is 55.4. The van der Waals surface area contributed by atoms with Gasteiger partial charge in [0.2, 0.25) is 5.75 Å². The van der Waals surface area contributed by atoms with E-state index >= 15 is 0 Å². The van der Waals surface area contributed by atoms with E-state index in [2.05, 4.69) is 80.2 Å². The minimum atomic E-state index is -5.20. The van der Waals surface area contributed by atoms with Crippen molar-refractivity contribution in [2.45, 2.75) is 113 Å². The first kappa shape index (κ1) is 53.9. The fraction of sp³-hybridized carbons (Fsp3) is 0.448. The molecule has 79 heavy (non-hydrogen) atoms. The van der Waals surface area contributed by atoms with Crippen LogP contribution in [0.25, 0.3) is 11.0 Å². The zero-order valence-corrected chi connectivity index (χ0v) is 45.5. The van der Waals surface area contributed by atoms with Gasteiger partial charge >= 0.3 is 6.29 Å². The first-order valence-electron chi connectivity index (χ1n) is 27.1. The molecule has 5 aliphatic rings. The van der Waals surface area contributed by atoms with Gasteiger partial charge in [0.1, 0.15) is 27.8 Å². The van der Waals surface area contributed by atoms with E-state index in [1.807, 2.05) is 16.9 Å². The van der Waals surface area contributed by atoms with Crippen molar-refractivity contribution in [3.05, 3.63) is 130 Å². The van der Waals surface area contributed by atoms with Crippen molar-refractivity contribution < 1.29 is 51.0 Å². The molecule has 418 valence electrons. The summed E-state index contributed by atoms with van der Waals surface area (Å²) in [5, 5.41) is 26.5. The summed E-state index contributed by atoms with van der Waals surface area (Å²) in [5.74, 6) is -1.74. The molecule has 0 unspecified atom stereocenters. The standard InChI is InChI=1S/C58H66F2N8O10S/c1-36(2)44-7-5-6-8-45(44)48-35-65(34-38-9-12-42(75-4)13-10-38)25-26-67(48)41-30-57(31-41)20-23-66(24-21-57)40-11-14-46(49(28-40)76-43-27-39-17-22-61-54(39)63-33-43)55(69)64-79(73,74)50-29-47(68(71)72)51(53-52(50)77-58(59,60)78-53)62-32-37-15-18-56(3,70)19-16-37/h5-14,17,22,27-29,33,36-37,41,48,62,70H,15-16,18-21,23-26,30-32,34-35H2,1-4H3,(H,61,63)(H,64,69)/t37?,48-,56?/m0/s1. The van der Waals surface area contributed by atoms with Gasteiger partial charge < -0.3 is 39.3 Å². The van der Waals surface area contributed by atoms with Crippen LogP contribution in [0.1, 0.15) is 111 Å². The number of nitrogens with one attached hydrogen (secondary N) is 3. The van der Waals surface area contributed by atoms with Gasteiger partial charge in [0.25, 0.3) is 21.6 Å². The summed E-state index contributed by atoms with van der Waals surface area (Å²) in [4.78, 5) is 39.8. The third-order valence-corrected chi connectivity index (χ3v) is 18.3. The van der Waals surface area contributed by atoms with Gasteiger partial charge in [-0.25, -0.2) is 18.1 Å². The summed E-state index contributed by atoms with van der Waals surface area (Å²) in [5.41, 5.74) is 3.03. The molecule has 1 amide bonds. The number of hydrogen-bond acceptors (Lipinski definition) is 15. The average molecular weight is 1110 g/mol. The molecule has 2 saturated carbocycles. The van der Waals surface area contributed by atoms with E-state index in [0.717, 1.165) is 76.4 Å². The number of carbonyl (C=O) groups excluding carboxylic acids is 1. The van der Waals surface area contributed by atoms with Gasteiger partial charge in [-0.3, -0.25) is 24.7 Å². The van der Waals surface area contributed by atoms with E-state index in [-0.39, 0.29) is 41.0 Å². The number of aliphatic hydroxyl groups is 1. The number of piperidine rings is 1. The molecule has 18 nitrogen and oxygen atoms in total. The molecule has 5 heterocycles. The van der Waals surface area contributed by atoms with Crippen molar-refractivity contribution in [2.75, 3.05) is 56.6 Å². The highest BCUT2D eigenvalue weighted by Gasteiger charge is 2.52. The average Bonchev–Trinajstić information content (AvgIpc) is 4.29. The minimum Gasteiger partial charge on any atom is -0.497 e. The Morgan fingerprint density at radius 1 is 0.949 bits per heavy atom. The molecule has 2 saturated heterocycles. The Morgan fingerprint density at radius 2 is 1.68 bits per heavy atom. The lowest BCUT2D eigenvalue weighted by molar-refractivity contribution is -0.384. The van der Waals surface area contributed by atoms with Gasteiger partial charge in [-0.2, -0.15) is 0 Å². The molecule has 2 aromatic heterocycles. The number of pyridine rings is 1. The molecule has 21 heteroatoms. The molecule has 0 radical (unpaired) electrons. The fourth-order valence-corrected chi connectivity index (χ4v) is 13.6. The Morgan fingerprint density at radius 3 is 2.41 bits per heavy atom. The number of rotatable bonds is 16. The Kier molecular flexibility index (Phi) is 14.5. The number of benzene rings is 4. The summed E-state index contributed by atoms with van der Waals surface area (Å²) in [7, 11) is -3.52. The zero-order valence-electron chi connectivity index (χ0n) is 44.7. The number of anilines is 2. The molecule has 2 aliphatic carbocycles. The lowest BCUT2D eigenvalue weighted by Crippen LogP contribution is -2.60. The molecular weight excluding hydrogens is 1040 g/mol. The van der Waals surface area contributed by atoms with E-state index < -0.39 is 60.5 Å². The smallest absolute Gasteiger partial charge is 0.497 e. The highest BCUT2D eigenvalue weighted by molar-refractivity contribution is 7.90. The second-order valence-corrected chi connectivity index (χ2v) is 24.3. The lowest BCUT2D eigenvalue weighted by atomic mass is 9.59. The first-order chi connectivity index (χ1) is 37.7. The van der Waals surface area contributed by atoms with E-state index in [0.29, 0.717) is 54.7 Å². The van der Waals surface area contributed by atoms with Gasteiger partial charge in [0, 0.05) is 87.3 Å². The number of methoxy groups -OCH3 is 1. The maximum Gasteiger partial charge on any atom is 0.586 e. The van der Waals surface area contributed by atoms with Crippen molar-refractivity contribution in [3.63, 3.8) is 0 Å². The Hall–Kier alpha value is -7.07. The molecule has 11 rings (SSSR count). The Labute approximate surface area is 457 Å². The normalized spacial score (nSPS) is 22.2. The van der Waals surface area contributed by atoms with Crippen molar-refractivity contribution >= 4 is 44.0 Å². The van der Waals surface area contributed by atoms with Gasteiger partial charge in [-0.1, -0.05) is 50.2 Å². The molecule has 0 bridgehead atoms. The van der Waals surface area contributed by atoms with Crippen LogP contribution >= 0.6 is 0 Å². The molecule has 1 atom stereocenters. The van der Waals surface area contributed by atoms with E-state index in [1.165, 1.54) is 29.0 Å². The molecule has 4 aromatic carbocycles. The van der Waals surface area contributed by atoms with Crippen molar-refractivity contribution in [3.8, 4) is 28.7 Å². The second-order valence-electron chi connectivity index (χ2n) is 22.6. The van der Waals surface area contributed by atoms with Crippen LogP contribution in [0.2, 0.25) is 0 Å². The fourth-order valence-electron chi connectivity index (χ4n) is 12.5. The summed E-state index contributed by atoms with van der Waals surface area (Å²) < 4.78 is 81.5. The molecule has 4 N–H and O–H groups in total. The number of nitro groups is 1. The topological polar surface area (TPSA) is 214 Å². The second kappa shape index (κ2) is 21.2. The van der Waals surface area contributed by atoms with Crippen LogP contribution < -0.4 is 33.9 Å². The number of aromatic amines is 1. The summed E-state index contributed by atoms with van der Waals surface area (Å²) in [6.07, 6.45) is 4.86. The van der Waals surface area contributed by atoms with Crippen molar-refractivity contribution in [2.24, 2.45) is 11.3 Å². The number of ether oxygens (including phenoxy) is 4. The van der Waals surface area contributed by atoms with Crippen LogP contribution in [0, 0.1) is 21.4 Å². The number of carbonyl (C=O) groups is 1. The van der Waals surface area contributed by atoms with Crippen LogP contribution in [-0.4, -0.2) is 108 Å². The number of alkyl halides is 2. The predicted octanol–water partition coefficient (Wildman–Crippen LogP) is 10.5. The van der Waals surface area contributed by atoms with E-state index in [9.17, 15) is 37.2 Å². The summed E-state index contributed by atoms with van der Waals surface area (Å²) in [6.45, 7) is 11.5.